The highest BCUT2D eigenvalue weighted by atomic mass is 16.6. The van der Waals surface area contributed by atoms with Crippen LogP contribution in [0, 0.1) is 20.2 Å². The van der Waals surface area contributed by atoms with Gasteiger partial charge in [0.15, 0.2) is 0 Å². The van der Waals surface area contributed by atoms with Crippen molar-refractivity contribution in [2.75, 3.05) is 5.43 Å². The van der Waals surface area contributed by atoms with Gasteiger partial charge in [0.05, 0.1) is 15.9 Å². The van der Waals surface area contributed by atoms with Crippen molar-refractivity contribution in [3.8, 4) is 11.6 Å². The zero-order valence-corrected chi connectivity index (χ0v) is 15.2. The van der Waals surface area contributed by atoms with Gasteiger partial charge in [0.25, 0.3) is 11.2 Å². The van der Waals surface area contributed by atoms with Gasteiger partial charge in [-0.25, -0.2) is 4.79 Å². The lowest BCUT2D eigenvalue weighted by Gasteiger charge is -2.09. The van der Waals surface area contributed by atoms with E-state index in [0.717, 1.165) is 18.2 Å². The standard InChI is InChI=1S/C17H12N6O8/c24-10-4-1-8(2-5-10)14(13-15(25)18-17(27)19-16(13)26)21-20-11-6-3-9(22(28)29)7-12(11)23(30)31/h1-7,20,24H,(H3,18,19,25,26,27)/b21-14+. The summed E-state index contributed by atoms with van der Waals surface area (Å²) in [4.78, 5) is 48.0. The molecule has 3 rings (SSSR count). The number of anilines is 1. The predicted molar refractivity (Wildman–Crippen MR) is 106 cm³/mol. The Morgan fingerprint density at radius 1 is 0.968 bits per heavy atom. The predicted octanol–water partition coefficient (Wildman–Crippen LogP) is 1.16. The first-order chi connectivity index (χ1) is 14.7. The van der Waals surface area contributed by atoms with Gasteiger partial charge in [-0.15, -0.1) is 0 Å². The molecular formula is C17H12N6O8. The van der Waals surface area contributed by atoms with Gasteiger partial charge in [-0.05, 0) is 30.3 Å². The molecule has 14 heteroatoms. The summed E-state index contributed by atoms with van der Waals surface area (Å²) in [6.07, 6.45) is 0. The Labute approximate surface area is 170 Å². The minimum atomic E-state index is -1.01. The average molecular weight is 428 g/mol. The van der Waals surface area contributed by atoms with E-state index in [9.17, 15) is 40.0 Å². The quantitative estimate of drug-likeness (QED) is 0.216. The number of hydrazone groups is 1. The Bertz CT molecular complexity index is 1330. The molecule has 0 amide bonds. The van der Waals surface area contributed by atoms with Gasteiger partial charge < -0.3 is 10.2 Å². The van der Waals surface area contributed by atoms with Crippen LogP contribution >= 0.6 is 0 Å². The van der Waals surface area contributed by atoms with Crippen molar-refractivity contribution in [1.29, 1.82) is 0 Å². The summed E-state index contributed by atoms with van der Waals surface area (Å²) < 4.78 is 0. The van der Waals surface area contributed by atoms with Crippen molar-refractivity contribution in [3.05, 3.63) is 94.7 Å². The maximum atomic E-state index is 12.3. The number of aromatic amines is 2. The number of H-pyrrole nitrogens is 2. The summed E-state index contributed by atoms with van der Waals surface area (Å²) in [5, 5.41) is 45.7. The lowest BCUT2D eigenvalue weighted by Crippen LogP contribution is -2.28. The first-order valence-corrected chi connectivity index (χ1v) is 8.29. The van der Waals surface area contributed by atoms with Crippen molar-refractivity contribution in [2.24, 2.45) is 5.10 Å². The number of benzene rings is 2. The summed E-state index contributed by atoms with van der Waals surface area (Å²) in [7, 11) is 0. The SMILES string of the molecule is O=c1[nH]c(O)c(/C(=N/Nc2ccc([N+](=O)[O-])cc2[N+](=O)[O-])c2ccc(O)cc2)c(=O)[nH]1. The lowest BCUT2D eigenvalue weighted by atomic mass is 10.0. The van der Waals surface area contributed by atoms with Crippen LogP contribution in [0.2, 0.25) is 0 Å². The molecular weight excluding hydrogens is 416 g/mol. The fourth-order valence-corrected chi connectivity index (χ4v) is 2.57. The van der Waals surface area contributed by atoms with Crippen molar-refractivity contribution >= 4 is 22.8 Å². The number of nitrogens with zero attached hydrogens (tertiary/aromatic N) is 3. The maximum absolute atomic E-state index is 12.3. The Morgan fingerprint density at radius 2 is 1.65 bits per heavy atom. The molecule has 0 radical (unpaired) electrons. The molecule has 2 aromatic carbocycles. The number of hydrogen-bond acceptors (Lipinski definition) is 10. The van der Waals surface area contributed by atoms with E-state index in [1.807, 2.05) is 9.97 Å². The highest BCUT2D eigenvalue weighted by Crippen LogP contribution is 2.29. The highest BCUT2D eigenvalue weighted by molar-refractivity contribution is 6.14. The number of nitro benzene ring substituents is 2. The second-order valence-electron chi connectivity index (χ2n) is 5.97. The number of aromatic hydroxyl groups is 2. The van der Waals surface area contributed by atoms with Crippen LogP contribution in [0.15, 0.2) is 57.2 Å². The zero-order valence-electron chi connectivity index (χ0n) is 15.2. The van der Waals surface area contributed by atoms with E-state index >= 15 is 0 Å². The van der Waals surface area contributed by atoms with E-state index in [0.29, 0.717) is 0 Å². The number of phenols is 1. The minimum Gasteiger partial charge on any atom is -0.508 e. The molecule has 0 saturated heterocycles. The molecule has 0 unspecified atom stereocenters. The number of hydrogen-bond donors (Lipinski definition) is 5. The van der Waals surface area contributed by atoms with Crippen LogP contribution < -0.4 is 16.7 Å². The molecule has 0 aliphatic rings. The largest absolute Gasteiger partial charge is 0.508 e. The molecule has 31 heavy (non-hydrogen) atoms. The number of nitro groups is 2. The number of nitrogens with one attached hydrogen (secondary N) is 3. The van der Waals surface area contributed by atoms with Crippen molar-refractivity contribution < 1.29 is 20.1 Å². The second kappa shape index (κ2) is 8.16. The Hall–Kier alpha value is -5.01. The van der Waals surface area contributed by atoms with Crippen LogP contribution in [0.1, 0.15) is 11.1 Å². The molecule has 1 heterocycles. The molecule has 0 bridgehead atoms. The van der Waals surface area contributed by atoms with Crippen LogP contribution in [0.3, 0.4) is 0 Å². The lowest BCUT2D eigenvalue weighted by molar-refractivity contribution is -0.393. The van der Waals surface area contributed by atoms with Crippen molar-refractivity contribution in [1.82, 2.24) is 9.97 Å². The van der Waals surface area contributed by atoms with Gasteiger partial charge in [-0.1, -0.05) is 0 Å². The van der Waals surface area contributed by atoms with E-state index in [-0.39, 0.29) is 22.7 Å². The average Bonchev–Trinajstić information content (AvgIpc) is 2.70. The molecule has 3 aromatic rings. The second-order valence-corrected chi connectivity index (χ2v) is 5.97. The zero-order chi connectivity index (χ0) is 22.7. The number of aromatic nitrogens is 2. The summed E-state index contributed by atoms with van der Waals surface area (Å²) in [6, 6.07) is 7.98. The van der Waals surface area contributed by atoms with Crippen molar-refractivity contribution in [2.45, 2.75) is 0 Å². The Morgan fingerprint density at radius 3 is 2.23 bits per heavy atom. The van der Waals surface area contributed by atoms with Crippen molar-refractivity contribution in [3.63, 3.8) is 0 Å². The molecule has 1 aromatic heterocycles. The number of phenolic OH excluding ortho intramolecular Hbond substituents is 1. The first kappa shape index (κ1) is 20.7. The van der Waals surface area contributed by atoms with E-state index < -0.39 is 43.9 Å². The van der Waals surface area contributed by atoms with Crippen LogP contribution in [-0.2, 0) is 0 Å². The topological polar surface area (TPSA) is 217 Å². The number of non-ortho nitro benzene ring substituents is 1. The van der Waals surface area contributed by atoms with Crippen LogP contribution in [0.4, 0.5) is 17.1 Å². The Kier molecular flexibility index (Phi) is 5.45. The normalized spacial score (nSPS) is 11.2. The molecule has 158 valence electrons. The van der Waals surface area contributed by atoms with Crippen LogP contribution in [0.25, 0.3) is 0 Å². The molecule has 0 aliphatic carbocycles. The fourth-order valence-electron chi connectivity index (χ4n) is 2.57. The third kappa shape index (κ3) is 4.37. The highest BCUT2D eigenvalue weighted by Gasteiger charge is 2.21. The first-order valence-electron chi connectivity index (χ1n) is 8.29. The summed E-state index contributed by atoms with van der Waals surface area (Å²) in [5.41, 5.74) is -1.60. The molecule has 0 saturated carbocycles. The summed E-state index contributed by atoms with van der Waals surface area (Å²) >= 11 is 0. The van der Waals surface area contributed by atoms with Gasteiger partial charge in [-0.2, -0.15) is 5.10 Å². The molecule has 0 spiro atoms. The fraction of sp³-hybridized carbons (Fsp3) is 0. The molecule has 0 aliphatic heterocycles. The number of rotatable bonds is 6. The molecule has 14 nitrogen and oxygen atoms in total. The molecule has 0 atom stereocenters. The van der Waals surface area contributed by atoms with Crippen LogP contribution in [-0.4, -0.2) is 35.7 Å². The van der Waals surface area contributed by atoms with E-state index in [1.54, 1.807) is 0 Å². The molecule has 0 fully saturated rings. The summed E-state index contributed by atoms with van der Waals surface area (Å²) in [5.74, 6) is -0.928. The van der Waals surface area contributed by atoms with Gasteiger partial charge in [-0.3, -0.25) is 40.4 Å². The monoisotopic (exact) mass is 428 g/mol. The third-order valence-electron chi connectivity index (χ3n) is 3.98. The van der Waals surface area contributed by atoms with Gasteiger partial charge in [0.2, 0.25) is 5.88 Å². The van der Waals surface area contributed by atoms with E-state index in [1.165, 1.54) is 24.3 Å². The van der Waals surface area contributed by atoms with Crippen LogP contribution in [0.5, 0.6) is 11.6 Å². The smallest absolute Gasteiger partial charge is 0.328 e. The van der Waals surface area contributed by atoms with Gasteiger partial charge >= 0.3 is 11.4 Å². The maximum Gasteiger partial charge on any atom is 0.328 e. The van der Waals surface area contributed by atoms with Gasteiger partial charge in [0, 0.05) is 11.6 Å². The van der Waals surface area contributed by atoms with E-state index in [4.69, 9.17) is 0 Å². The van der Waals surface area contributed by atoms with E-state index in [2.05, 4.69) is 10.5 Å². The minimum absolute atomic E-state index is 0.110. The third-order valence-corrected chi connectivity index (χ3v) is 3.98. The summed E-state index contributed by atoms with van der Waals surface area (Å²) in [6.45, 7) is 0. The Balaban J connectivity index is 2.17. The van der Waals surface area contributed by atoms with Gasteiger partial charge in [0.1, 0.15) is 22.7 Å². The molecule has 5 N–H and O–H groups in total.